The standard InChI is InChI=1S/C12H13F3O/c1-11(2)5-12(11,6-16)7-3-8(13)10(15)9(14)4-7/h3-4,16H,5-6H2,1-2H3. The summed E-state index contributed by atoms with van der Waals surface area (Å²) in [7, 11) is 0. The van der Waals surface area contributed by atoms with Crippen LogP contribution < -0.4 is 0 Å². The quantitative estimate of drug-likeness (QED) is 0.774. The molecule has 1 atom stereocenters. The van der Waals surface area contributed by atoms with Gasteiger partial charge in [-0.3, -0.25) is 0 Å². The Morgan fingerprint density at radius 3 is 1.94 bits per heavy atom. The van der Waals surface area contributed by atoms with Crippen molar-refractivity contribution >= 4 is 0 Å². The monoisotopic (exact) mass is 230 g/mol. The van der Waals surface area contributed by atoms with Crippen LogP contribution in [0, 0.1) is 22.9 Å². The molecule has 88 valence electrons. The van der Waals surface area contributed by atoms with Gasteiger partial charge in [-0.25, -0.2) is 13.2 Å². The van der Waals surface area contributed by atoms with Crippen LogP contribution in [0.25, 0.3) is 0 Å². The van der Waals surface area contributed by atoms with Crippen molar-refractivity contribution in [3.05, 3.63) is 35.1 Å². The first-order valence-electron chi connectivity index (χ1n) is 5.10. The summed E-state index contributed by atoms with van der Waals surface area (Å²) < 4.78 is 39.0. The van der Waals surface area contributed by atoms with Crippen LogP contribution in [0.15, 0.2) is 12.1 Å². The highest BCUT2D eigenvalue weighted by molar-refractivity contribution is 5.38. The first kappa shape index (κ1) is 11.5. The average molecular weight is 230 g/mol. The van der Waals surface area contributed by atoms with Gasteiger partial charge in [0.2, 0.25) is 0 Å². The SMILES string of the molecule is CC1(C)CC1(CO)c1cc(F)c(F)c(F)c1. The summed E-state index contributed by atoms with van der Waals surface area (Å²) in [6, 6.07) is 1.95. The van der Waals surface area contributed by atoms with Gasteiger partial charge in [-0.05, 0) is 29.5 Å². The van der Waals surface area contributed by atoms with Gasteiger partial charge >= 0.3 is 0 Å². The predicted octanol–water partition coefficient (Wildman–Crippen LogP) is 2.76. The van der Waals surface area contributed by atoms with Gasteiger partial charge in [0.05, 0.1) is 6.61 Å². The molecule has 16 heavy (non-hydrogen) atoms. The van der Waals surface area contributed by atoms with Crippen LogP contribution in [-0.4, -0.2) is 11.7 Å². The lowest BCUT2D eigenvalue weighted by Crippen LogP contribution is -2.20. The van der Waals surface area contributed by atoms with E-state index in [9.17, 15) is 18.3 Å². The Kier molecular flexibility index (Phi) is 2.31. The molecule has 2 rings (SSSR count). The molecule has 1 aliphatic carbocycles. The number of hydrogen-bond donors (Lipinski definition) is 1. The molecule has 0 radical (unpaired) electrons. The fourth-order valence-corrected chi connectivity index (χ4v) is 2.40. The van der Waals surface area contributed by atoms with Crippen molar-refractivity contribution in [1.82, 2.24) is 0 Å². The van der Waals surface area contributed by atoms with E-state index in [1.165, 1.54) is 0 Å². The maximum Gasteiger partial charge on any atom is 0.194 e. The summed E-state index contributed by atoms with van der Waals surface area (Å²) in [4.78, 5) is 0. The lowest BCUT2D eigenvalue weighted by atomic mass is 9.88. The second-order valence-electron chi connectivity index (χ2n) is 5.05. The fraction of sp³-hybridized carbons (Fsp3) is 0.500. The van der Waals surface area contributed by atoms with Crippen LogP contribution in [0.5, 0.6) is 0 Å². The minimum Gasteiger partial charge on any atom is -0.395 e. The zero-order valence-corrected chi connectivity index (χ0v) is 9.15. The molecule has 1 aromatic carbocycles. The highest BCUT2D eigenvalue weighted by Crippen LogP contribution is 2.64. The molecule has 1 fully saturated rings. The molecule has 4 heteroatoms. The number of halogens is 3. The highest BCUT2D eigenvalue weighted by Gasteiger charge is 2.61. The van der Waals surface area contributed by atoms with Gasteiger partial charge in [-0.1, -0.05) is 13.8 Å². The molecule has 0 aliphatic heterocycles. The lowest BCUT2D eigenvalue weighted by molar-refractivity contribution is 0.230. The number of benzene rings is 1. The minimum absolute atomic E-state index is 0.190. The van der Waals surface area contributed by atoms with E-state index in [1.54, 1.807) is 0 Å². The molecule has 0 bridgehead atoms. The number of hydrogen-bond acceptors (Lipinski definition) is 1. The van der Waals surface area contributed by atoms with Crippen LogP contribution >= 0.6 is 0 Å². The maximum atomic E-state index is 13.1. The van der Waals surface area contributed by atoms with Crippen LogP contribution in [-0.2, 0) is 5.41 Å². The predicted molar refractivity (Wildman–Crippen MR) is 53.5 cm³/mol. The number of aliphatic hydroxyl groups is 1. The van der Waals surface area contributed by atoms with Gasteiger partial charge in [0, 0.05) is 5.41 Å². The summed E-state index contributed by atoms with van der Waals surface area (Å²) >= 11 is 0. The Morgan fingerprint density at radius 1 is 1.19 bits per heavy atom. The maximum absolute atomic E-state index is 13.1. The van der Waals surface area contributed by atoms with E-state index in [2.05, 4.69) is 0 Å². The first-order chi connectivity index (χ1) is 7.34. The summed E-state index contributed by atoms with van der Waals surface area (Å²) in [6.45, 7) is 3.62. The molecule has 1 saturated carbocycles. The molecule has 1 unspecified atom stereocenters. The molecule has 1 nitrogen and oxygen atoms in total. The van der Waals surface area contributed by atoms with Crippen LogP contribution in [0.4, 0.5) is 13.2 Å². The number of rotatable bonds is 2. The van der Waals surface area contributed by atoms with E-state index >= 15 is 0 Å². The molecule has 1 N–H and O–H groups in total. The highest BCUT2D eigenvalue weighted by atomic mass is 19.2. The molecule has 1 aliphatic rings. The normalized spacial score (nSPS) is 26.9. The molecule has 0 saturated heterocycles. The van der Waals surface area contributed by atoms with Gasteiger partial charge in [0.1, 0.15) is 0 Å². The summed E-state index contributed by atoms with van der Waals surface area (Å²) in [6.07, 6.45) is 0.640. The Morgan fingerprint density at radius 2 is 1.62 bits per heavy atom. The van der Waals surface area contributed by atoms with Crippen molar-refractivity contribution < 1.29 is 18.3 Å². The average Bonchev–Trinajstić information content (AvgIpc) is 2.78. The van der Waals surface area contributed by atoms with Gasteiger partial charge in [-0.2, -0.15) is 0 Å². The van der Waals surface area contributed by atoms with E-state index in [0.717, 1.165) is 12.1 Å². The smallest absolute Gasteiger partial charge is 0.194 e. The Hall–Kier alpha value is -1.03. The molecular formula is C12H13F3O. The second-order valence-corrected chi connectivity index (χ2v) is 5.05. The Balaban J connectivity index is 2.50. The Bertz CT molecular complexity index is 419. The van der Waals surface area contributed by atoms with Crippen molar-refractivity contribution in [3.8, 4) is 0 Å². The van der Waals surface area contributed by atoms with E-state index in [4.69, 9.17) is 0 Å². The van der Waals surface area contributed by atoms with Gasteiger partial charge < -0.3 is 5.11 Å². The second kappa shape index (κ2) is 3.23. The molecule has 0 amide bonds. The van der Waals surface area contributed by atoms with E-state index < -0.39 is 22.9 Å². The van der Waals surface area contributed by atoms with E-state index in [1.807, 2.05) is 13.8 Å². The third-order valence-electron chi connectivity index (χ3n) is 3.72. The lowest BCUT2D eigenvalue weighted by Gasteiger charge is -2.18. The summed E-state index contributed by atoms with van der Waals surface area (Å²) in [5.74, 6) is -3.87. The zero-order valence-electron chi connectivity index (χ0n) is 9.15. The molecule has 0 spiro atoms. The van der Waals surface area contributed by atoms with Crippen molar-refractivity contribution in [2.75, 3.05) is 6.61 Å². The topological polar surface area (TPSA) is 20.2 Å². The molecule has 0 heterocycles. The van der Waals surface area contributed by atoms with Crippen molar-refractivity contribution in [2.24, 2.45) is 5.41 Å². The number of aliphatic hydroxyl groups excluding tert-OH is 1. The third-order valence-corrected chi connectivity index (χ3v) is 3.72. The molecule has 0 aromatic heterocycles. The van der Waals surface area contributed by atoms with Crippen molar-refractivity contribution in [2.45, 2.75) is 25.7 Å². The van der Waals surface area contributed by atoms with Gasteiger partial charge in [0.25, 0.3) is 0 Å². The fourth-order valence-electron chi connectivity index (χ4n) is 2.40. The summed E-state index contributed by atoms with van der Waals surface area (Å²) in [5, 5.41) is 9.36. The minimum atomic E-state index is -1.46. The molecular weight excluding hydrogens is 217 g/mol. The zero-order chi connectivity index (χ0) is 12.1. The Labute approximate surface area is 91.9 Å². The van der Waals surface area contributed by atoms with Crippen LogP contribution in [0.2, 0.25) is 0 Å². The largest absolute Gasteiger partial charge is 0.395 e. The molecule has 1 aromatic rings. The van der Waals surface area contributed by atoms with Gasteiger partial charge in [-0.15, -0.1) is 0 Å². The van der Waals surface area contributed by atoms with Crippen molar-refractivity contribution in [1.29, 1.82) is 0 Å². The van der Waals surface area contributed by atoms with Gasteiger partial charge in [0.15, 0.2) is 17.5 Å². The van der Waals surface area contributed by atoms with E-state index in [0.29, 0.717) is 12.0 Å². The first-order valence-corrected chi connectivity index (χ1v) is 5.10. The van der Waals surface area contributed by atoms with Crippen molar-refractivity contribution in [3.63, 3.8) is 0 Å². The third kappa shape index (κ3) is 1.36. The van der Waals surface area contributed by atoms with E-state index in [-0.39, 0.29) is 12.0 Å². The summed E-state index contributed by atoms with van der Waals surface area (Å²) in [5.41, 5.74) is -0.516. The van der Waals surface area contributed by atoms with Crippen LogP contribution in [0.3, 0.4) is 0 Å². The van der Waals surface area contributed by atoms with Crippen LogP contribution in [0.1, 0.15) is 25.8 Å².